The standard InChI is InChI=1S/C24H29N3O2/c1-17(2)24(28)25-13-12-23-26-20-8-5-6-9-21(20)27(23)14-7-15-29-22-11-10-18(3)16-19(22)4/h5-6,8-11,16H,1,7,12-15H2,2-4H3,(H,25,28). The van der Waals surface area contributed by atoms with E-state index in [1.165, 1.54) is 5.56 Å². The second kappa shape index (κ2) is 9.41. The average molecular weight is 392 g/mol. The van der Waals surface area contributed by atoms with E-state index in [-0.39, 0.29) is 5.91 Å². The van der Waals surface area contributed by atoms with Crippen LogP contribution in [0.5, 0.6) is 5.75 Å². The second-order valence-electron chi connectivity index (χ2n) is 7.43. The highest BCUT2D eigenvalue weighted by atomic mass is 16.5. The van der Waals surface area contributed by atoms with Crippen LogP contribution < -0.4 is 10.1 Å². The molecule has 0 radical (unpaired) electrons. The molecular formula is C24H29N3O2. The highest BCUT2D eigenvalue weighted by molar-refractivity contribution is 5.92. The molecule has 0 aliphatic heterocycles. The van der Waals surface area contributed by atoms with Crippen molar-refractivity contribution in [2.24, 2.45) is 0 Å². The molecule has 0 saturated heterocycles. The predicted molar refractivity (Wildman–Crippen MR) is 117 cm³/mol. The zero-order valence-corrected chi connectivity index (χ0v) is 17.5. The van der Waals surface area contributed by atoms with Gasteiger partial charge in [0.15, 0.2) is 0 Å². The van der Waals surface area contributed by atoms with E-state index >= 15 is 0 Å². The minimum atomic E-state index is -0.116. The van der Waals surface area contributed by atoms with Crippen molar-refractivity contribution in [2.45, 2.75) is 40.2 Å². The number of fused-ring (bicyclic) bond motifs is 1. The van der Waals surface area contributed by atoms with Crippen molar-refractivity contribution in [3.8, 4) is 5.75 Å². The Hall–Kier alpha value is -3.08. The van der Waals surface area contributed by atoms with Crippen molar-refractivity contribution in [3.63, 3.8) is 0 Å². The van der Waals surface area contributed by atoms with Crippen LogP contribution in [0.2, 0.25) is 0 Å². The van der Waals surface area contributed by atoms with Gasteiger partial charge in [0, 0.05) is 25.1 Å². The summed E-state index contributed by atoms with van der Waals surface area (Å²) in [5.74, 6) is 1.79. The van der Waals surface area contributed by atoms with Crippen LogP contribution in [0.1, 0.15) is 30.3 Å². The van der Waals surface area contributed by atoms with E-state index in [0.717, 1.165) is 41.1 Å². The lowest BCUT2D eigenvalue weighted by molar-refractivity contribution is -0.117. The van der Waals surface area contributed by atoms with Crippen LogP contribution in [0.25, 0.3) is 11.0 Å². The zero-order valence-electron chi connectivity index (χ0n) is 17.5. The van der Waals surface area contributed by atoms with Crippen LogP contribution in [0.4, 0.5) is 0 Å². The number of aryl methyl sites for hydroxylation is 3. The molecule has 5 nitrogen and oxygen atoms in total. The van der Waals surface area contributed by atoms with Crippen LogP contribution in [0.3, 0.4) is 0 Å². The molecule has 3 aromatic rings. The molecule has 0 aliphatic rings. The molecule has 1 aromatic heterocycles. The number of imidazole rings is 1. The van der Waals surface area contributed by atoms with Gasteiger partial charge in [-0.2, -0.15) is 0 Å². The lowest BCUT2D eigenvalue weighted by Gasteiger charge is -2.12. The molecule has 2 aromatic carbocycles. The van der Waals surface area contributed by atoms with Gasteiger partial charge in [0.1, 0.15) is 11.6 Å². The molecule has 0 aliphatic carbocycles. The molecule has 1 amide bonds. The first-order chi connectivity index (χ1) is 14.0. The maximum absolute atomic E-state index is 11.7. The minimum absolute atomic E-state index is 0.116. The molecule has 152 valence electrons. The van der Waals surface area contributed by atoms with E-state index in [1.54, 1.807) is 6.92 Å². The Morgan fingerprint density at radius 1 is 1.21 bits per heavy atom. The predicted octanol–water partition coefficient (Wildman–Crippen LogP) is 4.36. The van der Waals surface area contributed by atoms with Crippen molar-refractivity contribution >= 4 is 16.9 Å². The molecule has 3 rings (SSSR count). The van der Waals surface area contributed by atoms with E-state index in [9.17, 15) is 4.79 Å². The topological polar surface area (TPSA) is 56.2 Å². The molecule has 0 spiro atoms. The highest BCUT2D eigenvalue weighted by Crippen LogP contribution is 2.20. The van der Waals surface area contributed by atoms with Gasteiger partial charge in [0.2, 0.25) is 5.91 Å². The van der Waals surface area contributed by atoms with Crippen LogP contribution >= 0.6 is 0 Å². The maximum Gasteiger partial charge on any atom is 0.246 e. The van der Waals surface area contributed by atoms with Gasteiger partial charge in [0.05, 0.1) is 17.6 Å². The maximum atomic E-state index is 11.7. The number of amides is 1. The van der Waals surface area contributed by atoms with Gasteiger partial charge in [-0.1, -0.05) is 36.4 Å². The van der Waals surface area contributed by atoms with Gasteiger partial charge in [-0.3, -0.25) is 4.79 Å². The van der Waals surface area contributed by atoms with E-state index < -0.39 is 0 Å². The quantitative estimate of drug-likeness (QED) is 0.436. The molecule has 0 fully saturated rings. The van der Waals surface area contributed by atoms with Crippen molar-refractivity contribution in [1.82, 2.24) is 14.9 Å². The number of benzene rings is 2. The third kappa shape index (κ3) is 5.25. The van der Waals surface area contributed by atoms with Gasteiger partial charge in [-0.15, -0.1) is 0 Å². The van der Waals surface area contributed by atoms with Crippen molar-refractivity contribution in [2.75, 3.05) is 13.2 Å². The number of carbonyl (C=O) groups excluding carboxylic acids is 1. The SMILES string of the molecule is C=C(C)C(=O)NCCc1nc2ccccc2n1CCCOc1ccc(C)cc1C. The summed E-state index contributed by atoms with van der Waals surface area (Å²) in [7, 11) is 0. The third-order valence-electron chi connectivity index (χ3n) is 4.87. The molecular weight excluding hydrogens is 362 g/mol. The highest BCUT2D eigenvalue weighted by Gasteiger charge is 2.11. The minimum Gasteiger partial charge on any atom is -0.493 e. The number of ether oxygens (including phenoxy) is 1. The number of nitrogens with one attached hydrogen (secondary N) is 1. The van der Waals surface area contributed by atoms with Gasteiger partial charge < -0.3 is 14.6 Å². The van der Waals surface area contributed by atoms with Gasteiger partial charge in [-0.05, 0) is 51.0 Å². The van der Waals surface area contributed by atoms with Crippen molar-refractivity contribution in [3.05, 3.63) is 71.6 Å². The molecule has 1 N–H and O–H groups in total. The smallest absolute Gasteiger partial charge is 0.246 e. The summed E-state index contributed by atoms with van der Waals surface area (Å²) in [6, 6.07) is 14.4. The second-order valence-corrected chi connectivity index (χ2v) is 7.43. The van der Waals surface area contributed by atoms with Crippen LogP contribution in [0, 0.1) is 13.8 Å². The van der Waals surface area contributed by atoms with Gasteiger partial charge >= 0.3 is 0 Å². The Labute approximate surface area is 172 Å². The molecule has 0 atom stereocenters. The summed E-state index contributed by atoms with van der Waals surface area (Å²) < 4.78 is 8.21. The van der Waals surface area contributed by atoms with Crippen LogP contribution in [-0.2, 0) is 17.8 Å². The first-order valence-corrected chi connectivity index (χ1v) is 10.0. The summed E-state index contributed by atoms with van der Waals surface area (Å²) in [6.07, 6.45) is 1.55. The summed E-state index contributed by atoms with van der Waals surface area (Å²) in [6.45, 7) is 11.5. The Morgan fingerprint density at radius 2 is 2.00 bits per heavy atom. The molecule has 5 heteroatoms. The number of nitrogens with zero attached hydrogens (tertiary/aromatic N) is 2. The van der Waals surface area contributed by atoms with Crippen molar-refractivity contribution in [1.29, 1.82) is 0 Å². The molecule has 0 unspecified atom stereocenters. The number of aromatic nitrogens is 2. The Balaban J connectivity index is 1.64. The molecule has 29 heavy (non-hydrogen) atoms. The molecule has 0 bridgehead atoms. The first-order valence-electron chi connectivity index (χ1n) is 10.0. The fourth-order valence-electron chi connectivity index (χ4n) is 3.37. The summed E-state index contributed by atoms with van der Waals surface area (Å²) >= 11 is 0. The van der Waals surface area contributed by atoms with Crippen LogP contribution in [-0.4, -0.2) is 28.6 Å². The largest absolute Gasteiger partial charge is 0.493 e. The van der Waals surface area contributed by atoms with E-state index in [0.29, 0.717) is 25.1 Å². The summed E-state index contributed by atoms with van der Waals surface area (Å²) in [4.78, 5) is 16.5. The van der Waals surface area contributed by atoms with E-state index in [1.807, 2.05) is 24.3 Å². The number of hydrogen-bond acceptors (Lipinski definition) is 3. The van der Waals surface area contributed by atoms with Gasteiger partial charge in [0.25, 0.3) is 0 Å². The average Bonchev–Trinajstić information content (AvgIpc) is 3.04. The normalized spacial score (nSPS) is 10.9. The van der Waals surface area contributed by atoms with E-state index in [2.05, 4.69) is 48.5 Å². The fraction of sp³-hybridized carbons (Fsp3) is 0.333. The summed E-state index contributed by atoms with van der Waals surface area (Å²) in [5.41, 5.74) is 5.00. The van der Waals surface area contributed by atoms with E-state index in [4.69, 9.17) is 9.72 Å². The monoisotopic (exact) mass is 391 g/mol. The lowest BCUT2D eigenvalue weighted by Crippen LogP contribution is -2.26. The molecule has 0 saturated carbocycles. The zero-order chi connectivity index (χ0) is 20.8. The molecule has 1 heterocycles. The fourth-order valence-corrected chi connectivity index (χ4v) is 3.37. The Morgan fingerprint density at radius 3 is 2.76 bits per heavy atom. The number of para-hydroxylation sites is 2. The first kappa shape index (κ1) is 20.6. The number of carbonyl (C=O) groups is 1. The Kier molecular flexibility index (Phi) is 6.70. The Bertz CT molecular complexity index is 1020. The van der Waals surface area contributed by atoms with Gasteiger partial charge in [-0.25, -0.2) is 4.98 Å². The van der Waals surface area contributed by atoms with Crippen molar-refractivity contribution < 1.29 is 9.53 Å². The third-order valence-corrected chi connectivity index (χ3v) is 4.87. The number of hydrogen-bond donors (Lipinski definition) is 1. The number of rotatable bonds is 9. The lowest BCUT2D eigenvalue weighted by atomic mass is 10.1. The van der Waals surface area contributed by atoms with Crippen LogP contribution in [0.15, 0.2) is 54.6 Å². The summed E-state index contributed by atoms with van der Waals surface area (Å²) in [5, 5.41) is 2.89.